The Kier molecular flexibility index (Phi) is 4.64. The molecule has 4 unspecified atom stereocenters. The second kappa shape index (κ2) is 6.72. The van der Waals surface area contributed by atoms with Crippen LogP contribution in [-0.4, -0.2) is 53.7 Å². The maximum absolute atomic E-state index is 10.4. The molecule has 4 heteroatoms. The van der Waals surface area contributed by atoms with Gasteiger partial charge in [0.25, 0.3) is 0 Å². The first kappa shape index (κ1) is 15.9. The van der Waals surface area contributed by atoms with Gasteiger partial charge in [-0.25, -0.2) is 0 Å². The predicted molar refractivity (Wildman–Crippen MR) is 93.7 cm³/mol. The van der Waals surface area contributed by atoms with E-state index in [-0.39, 0.29) is 0 Å². The van der Waals surface area contributed by atoms with Gasteiger partial charge in [0.05, 0.1) is 6.10 Å². The molecule has 1 N–H and O–H groups in total. The monoisotopic (exact) mass is 334 g/mol. The summed E-state index contributed by atoms with van der Waals surface area (Å²) in [5, 5.41) is 11.2. The van der Waals surface area contributed by atoms with Gasteiger partial charge in [0.15, 0.2) is 0 Å². The Bertz CT molecular complexity index is 527. The van der Waals surface area contributed by atoms with Crippen molar-refractivity contribution in [2.24, 2.45) is 11.8 Å². The van der Waals surface area contributed by atoms with Crippen molar-refractivity contribution in [1.82, 2.24) is 9.80 Å². The molecule has 4 rings (SSSR count). The van der Waals surface area contributed by atoms with Gasteiger partial charge in [-0.3, -0.25) is 9.80 Å². The van der Waals surface area contributed by atoms with Crippen LogP contribution in [0.5, 0.6) is 0 Å². The number of piperazine rings is 1. The van der Waals surface area contributed by atoms with Crippen LogP contribution in [0.3, 0.4) is 0 Å². The Labute approximate surface area is 144 Å². The van der Waals surface area contributed by atoms with Crippen LogP contribution in [0, 0.1) is 11.8 Å². The second-order valence-corrected chi connectivity index (χ2v) is 8.08. The lowest BCUT2D eigenvalue weighted by molar-refractivity contribution is 0.0429. The number of aliphatic hydroxyl groups is 1. The summed E-state index contributed by atoms with van der Waals surface area (Å²) >= 11 is 5.92. The van der Waals surface area contributed by atoms with Crippen LogP contribution in [0.4, 0.5) is 0 Å². The fourth-order valence-electron chi connectivity index (χ4n) is 4.97. The first-order valence-corrected chi connectivity index (χ1v) is 9.47. The lowest BCUT2D eigenvalue weighted by Gasteiger charge is -2.41. The molecule has 1 aromatic carbocycles. The molecule has 23 heavy (non-hydrogen) atoms. The van der Waals surface area contributed by atoms with Crippen molar-refractivity contribution < 1.29 is 5.11 Å². The molecule has 126 valence electrons. The van der Waals surface area contributed by atoms with Crippen LogP contribution in [0.25, 0.3) is 0 Å². The zero-order valence-corrected chi connectivity index (χ0v) is 14.5. The molecule has 1 aromatic rings. The SMILES string of the molecule is OC(CN1CCN(C2CC3CCC2C3)CC1)c1ccc(Cl)cc1. The average Bonchev–Trinajstić information content (AvgIpc) is 3.19. The van der Waals surface area contributed by atoms with Crippen molar-refractivity contribution >= 4 is 11.6 Å². The van der Waals surface area contributed by atoms with Gasteiger partial charge < -0.3 is 5.11 Å². The summed E-state index contributed by atoms with van der Waals surface area (Å²) in [6.45, 7) is 5.23. The summed E-state index contributed by atoms with van der Waals surface area (Å²) in [4.78, 5) is 5.14. The molecule has 3 fully saturated rings. The zero-order valence-electron chi connectivity index (χ0n) is 13.7. The zero-order chi connectivity index (χ0) is 15.8. The largest absolute Gasteiger partial charge is 0.387 e. The van der Waals surface area contributed by atoms with E-state index in [1.165, 1.54) is 38.8 Å². The first-order chi connectivity index (χ1) is 11.2. The third-order valence-corrected chi connectivity index (χ3v) is 6.51. The third-order valence-electron chi connectivity index (χ3n) is 6.26. The molecule has 2 aliphatic carbocycles. The standard InChI is InChI=1S/C19H27ClN2O/c20-17-5-3-15(4-6-17)19(23)13-21-7-9-22(10-8-21)18-12-14-1-2-16(18)11-14/h3-6,14,16,18-19,23H,1-2,7-13H2. The molecular weight excluding hydrogens is 308 g/mol. The highest BCUT2D eigenvalue weighted by atomic mass is 35.5. The number of nitrogens with zero attached hydrogens (tertiary/aromatic N) is 2. The number of hydrogen-bond donors (Lipinski definition) is 1. The normalized spacial score (nSPS) is 33.2. The molecule has 1 saturated heterocycles. The summed E-state index contributed by atoms with van der Waals surface area (Å²) < 4.78 is 0. The molecule has 0 radical (unpaired) electrons. The molecule has 1 aliphatic heterocycles. The first-order valence-electron chi connectivity index (χ1n) is 9.09. The van der Waals surface area contributed by atoms with E-state index in [0.717, 1.165) is 48.1 Å². The predicted octanol–water partition coefficient (Wildman–Crippen LogP) is 3.18. The number of fused-ring (bicyclic) bond motifs is 2. The molecule has 1 heterocycles. The van der Waals surface area contributed by atoms with E-state index >= 15 is 0 Å². The van der Waals surface area contributed by atoms with Crippen molar-refractivity contribution in [3.8, 4) is 0 Å². The molecule has 4 atom stereocenters. The van der Waals surface area contributed by atoms with Crippen molar-refractivity contribution in [3.05, 3.63) is 34.9 Å². The number of halogens is 1. The van der Waals surface area contributed by atoms with E-state index in [9.17, 15) is 5.11 Å². The summed E-state index contributed by atoms with van der Waals surface area (Å²) in [6.07, 6.45) is 5.46. The molecule has 0 spiro atoms. The molecule has 0 aromatic heterocycles. The summed E-state index contributed by atoms with van der Waals surface area (Å²) in [5.41, 5.74) is 0.963. The number of hydrogen-bond acceptors (Lipinski definition) is 3. The van der Waals surface area contributed by atoms with Crippen molar-refractivity contribution in [3.63, 3.8) is 0 Å². The molecular formula is C19H27ClN2O. The highest BCUT2D eigenvalue weighted by molar-refractivity contribution is 6.30. The van der Waals surface area contributed by atoms with Crippen molar-refractivity contribution in [1.29, 1.82) is 0 Å². The highest BCUT2D eigenvalue weighted by Gasteiger charge is 2.42. The quantitative estimate of drug-likeness (QED) is 0.916. The Morgan fingerprint density at radius 3 is 2.39 bits per heavy atom. The summed E-state index contributed by atoms with van der Waals surface area (Å²) in [5.74, 6) is 2.00. The van der Waals surface area contributed by atoms with Crippen molar-refractivity contribution in [2.75, 3.05) is 32.7 Å². The minimum Gasteiger partial charge on any atom is -0.387 e. The lowest BCUT2D eigenvalue weighted by Crippen LogP contribution is -2.52. The average molecular weight is 335 g/mol. The van der Waals surface area contributed by atoms with Crippen molar-refractivity contribution in [2.45, 2.75) is 37.8 Å². The van der Waals surface area contributed by atoms with Crippen LogP contribution < -0.4 is 0 Å². The maximum Gasteiger partial charge on any atom is 0.0916 e. The van der Waals surface area contributed by atoms with Crippen LogP contribution in [0.1, 0.15) is 37.4 Å². The van der Waals surface area contributed by atoms with Crippen LogP contribution in [0.15, 0.2) is 24.3 Å². The molecule has 0 amide bonds. The Morgan fingerprint density at radius 2 is 1.78 bits per heavy atom. The van der Waals surface area contributed by atoms with Gasteiger partial charge in [0, 0.05) is 43.8 Å². The van der Waals surface area contributed by atoms with E-state index in [4.69, 9.17) is 11.6 Å². The molecule has 3 aliphatic rings. The van der Waals surface area contributed by atoms with E-state index in [1.807, 2.05) is 24.3 Å². The topological polar surface area (TPSA) is 26.7 Å². The lowest BCUT2D eigenvalue weighted by atomic mass is 9.93. The Hall–Kier alpha value is -0.610. The fraction of sp³-hybridized carbons (Fsp3) is 0.684. The van der Waals surface area contributed by atoms with Crippen LogP contribution >= 0.6 is 11.6 Å². The van der Waals surface area contributed by atoms with Crippen LogP contribution in [0.2, 0.25) is 5.02 Å². The van der Waals surface area contributed by atoms with Crippen LogP contribution in [-0.2, 0) is 0 Å². The van der Waals surface area contributed by atoms with Gasteiger partial charge in [-0.15, -0.1) is 0 Å². The summed E-state index contributed by atoms with van der Waals surface area (Å²) in [6, 6.07) is 8.43. The molecule has 3 nitrogen and oxygen atoms in total. The minimum atomic E-state index is -0.415. The third kappa shape index (κ3) is 3.43. The number of benzene rings is 1. The van der Waals surface area contributed by atoms with Gasteiger partial charge in [0.1, 0.15) is 0 Å². The van der Waals surface area contributed by atoms with E-state index in [0.29, 0.717) is 0 Å². The Balaban J connectivity index is 1.27. The Morgan fingerprint density at radius 1 is 1.04 bits per heavy atom. The van der Waals surface area contributed by atoms with Gasteiger partial charge in [-0.1, -0.05) is 30.2 Å². The molecule has 2 saturated carbocycles. The number of aliphatic hydroxyl groups excluding tert-OH is 1. The van der Waals surface area contributed by atoms with E-state index < -0.39 is 6.10 Å². The van der Waals surface area contributed by atoms with Gasteiger partial charge in [-0.05, 0) is 48.8 Å². The molecule has 2 bridgehead atoms. The number of β-amino-alcohol motifs (C(OH)–C–C–N with tert-alkyl or cyclic N) is 1. The highest BCUT2D eigenvalue weighted by Crippen LogP contribution is 2.46. The van der Waals surface area contributed by atoms with E-state index in [1.54, 1.807) is 0 Å². The maximum atomic E-state index is 10.4. The second-order valence-electron chi connectivity index (χ2n) is 7.65. The smallest absolute Gasteiger partial charge is 0.0916 e. The summed E-state index contributed by atoms with van der Waals surface area (Å²) in [7, 11) is 0. The van der Waals surface area contributed by atoms with Gasteiger partial charge in [0.2, 0.25) is 0 Å². The van der Waals surface area contributed by atoms with Gasteiger partial charge >= 0.3 is 0 Å². The number of rotatable bonds is 4. The van der Waals surface area contributed by atoms with E-state index in [2.05, 4.69) is 9.80 Å². The fourth-order valence-corrected chi connectivity index (χ4v) is 5.10. The van der Waals surface area contributed by atoms with Gasteiger partial charge in [-0.2, -0.15) is 0 Å². The minimum absolute atomic E-state index is 0.415.